The monoisotopic (exact) mass is 166 g/mol. The number of hydrogen-bond acceptors (Lipinski definition) is 0. The Morgan fingerprint density at radius 2 is 1.92 bits per heavy atom. The maximum Gasteiger partial charge on any atom is -0.0346 e. The molecule has 0 bridgehead atoms. The summed E-state index contributed by atoms with van der Waals surface area (Å²) in [4.78, 5) is 0. The average molecular weight is 166 g/mol. The van der Waals surface area contributed by atoms with Crippen LogP contribution in [-0.4, -0.2) is 0 Å². The average Bonchev–Trinajstić information content (AvgIpc) is 2.68. The Balaban J connectivity index is 2.00. The predicted molar refractivity (Wildman–Crippen MR) is 55.2 cm³/mol. The van der Waals surface area contributed by atoms with Crippen LogP contribution in [0.25, 0.3) is 0 Å². The molecule has 0 aliphatic heterocycles. The van der Waals surface area contributed by atoms with Gasteiger partial charge in [0.05, 0.1) is 0 Å². The van der Waals surface area contributed by atoms with Crippen LogP contribution >= 0.6 is 0 Å². The highest BCUT2D eigenvalue weighted by Crippen LogP contribution is 2.45. The second kappa shape index (κ2) is 4.69. The second-order valence-corrected chi connectivity index (χ2v) is 4.40. The van der Waals surface area contributed by atoms with Crippen LogP contribution in [0.1, 0.15) is 52.9 Å². The molecule has 1 rings (SSSR count). The molecule has 1 aliphatic rings. The quantitative estimate of drug-likeness (QED) is 0.538. The Hall–Kier alpha value is -0.260. The van der Waals surface area contributed by atoms with E-state index >= 15 is 0 Å². The van der Waals surface area contributed by atoms with Gasteiger partial charge in [0.15, 0.2) is 0 Å². The Kier molecular flexibility index (Phi) is 3.84. The standard InChI is InChI=1S/C12H22/c1-4-6-11-9-12(11)8-5-7-10(2)3/h7,11-12H,4-6,8-9H2,1-3H3. The van der Waals surface area contributed by atoms with E-state index in [1.165, 1.54) is 37.7 Å². The second-order valence-electron chi connectivity index (χ2n) is 4.40. The third-order valence-electron chi connectivity index (χ3n) is 2.82. The lowest BCUT2D eigenvalue weighted by atomic mass is 10.1. The summed E-state index contributed by atoms with van der Waals surface area (Å²) in [5.41, 5.74) is 1.47. The maximum atomic E-state index is 2.38. The zero-order chi connectivity index (χ0) is 8.97. The summed E-state index contributed by atoms with van der Waals surface area (Å²) in [6.45, 7) is 6.68. The van der Waals surface area contributed by atoms with E-state index in [1.54, 1.807) is 0 Å². The van der Waals surface area contributed by atoms with E-state index in [4.69, 9.17) is 0 Å². The minimum absolute atomic E-state index is 1.08. The van der Waals surface area contributed by atoms with Crippen LogP contribution in [0.15, 0.2) is 11.6 Å². The molecule has 1 aliphatic carbocycles. The van der Waals surface area contributed by atoms with E-state index in [0.717, 1.165) is 11.8 Å². The summed E-state index contributed by atoms with van der Waals surface area (Å²) >= 11 is 0. The topological polar surface area (TPSA) is 0 Å². The fourth-order valence-corrected chi connectivity index (χ4v) is 1.97. The number of rotatable bonds is 5. The van der Waals surface area contributed by atoms with E-state index in [2.05, 4.69) is 26.8 Å². The molecule has 12 heavy (non-hydrogen) atoms. The molecule has 0 heterocycles. The molecule has 0 aromatic heterocycles. The highest BCUT2D eigenvalue weighted by Gasteiger charge is 2.34. The number of allylic oxidation sites excluding steroid dienone is 2. The smallest absolute Gasteiger partial charge is 0.0346 e. The predicted octanol–water partition coefficient (Wildman–Crippen LogP) is 4.17. The molecule has 0 heteroatoms. The summed E-state index contributed by atoms with van der Waals surface area (Å²) < 4.78 is 0. The lowest BCUT2D eigenvalue weighted by molar-refractivity contribution is 0.604. The highest BCUT2D eigenvalue weighted by molar-refractivity contribution is 4.95. The van der Waals surface area contributed by atoms with Crippen LogP contribution in [0.2, 0.25) is 0 Å². The summed E-state index contributed by atoms with van der Waals surface area (Å²) in [6, 6.07) is 0. The maximum absolute atomic E-state index is 2.38. The van der Waals surface area contributed by atoms with Crippen LogP contribution < -0.4 is 0 Å². The van der Waals surface area contributed by atoms with Crippen molar-refractivity contribution in [2.24, 2.45) is 11.8 Å². The van der Waals surface area contributed by atoms with Gasteiger partial charge in [0.2, 0.25) is 0 Å². The fraction of sp³-hybridized carbons (Fsp3) is 0.833. The number of hydrogen-bond donors (Lipinski definition) is 0. The first-order valence-electron chi connectivity index (χ1n) is 5.37. The van der Waals surface area contributed by atoms with Crippen molar-refractivity contribution in [1.82, 2.24) is 0 Å². The normalized spacial score (nSPS) is 26.9. The van der Waals surface area contributed by atoms with Crippen LogP contribution in [0.4, 0.5) is 0 Å². The van der Waals surface area contributed by atoms with Crippen molar-refractivity contribution in [1.29, 1.82) is 0 Å². The van der Waals surface area contributed by atoms with Gasteiger partial charge in [-0.3, -0.25) is 0 Å². The first-order chi connectivity index (χ1) is 5.74. The Labute approximate surface area is 77.1 Å². The van der Waals surface area contributed by atoms with Gasteiger partial charge in [0.25, 0.3) is 0 Å². The fourth-order valence-electron chi connectivity index (χ4n) is 1.97. The van der Waals surface area contributed by atoms with Crippen molar-refractivity contribution in [3.05, 3.63) is 11.6 Å². The molecule has 0 radical (unpaired) electrons. The third-order valence-corrected chi connectivity index (χ3v) is 2.82. The molecule has 2 unspecified atom stereocenters. The van der Waals surface area contributed by atoms with Gasteiger partial charge in [-0.15, -0.1) is 0 Å². The van der Waals surface area contributed by atoms with Gasteiger partial charge in [-0.1, -0.05) is 31.4 Å². The molecule has 1 fully saturated rings. The van der Waals surface area contributed by atoms with E-state index in [9.17, 15) is 0 Å². The van der Waals surface area contributed by atoms with Gasteiger partial charge in [-0.05, 0) is 44.9 Å². The Morgan fingerprint density at radius 3 is 2.50 bits per heavy atom. The Morgan fingerprint density at radius 1 is 1.25 bits per heavy atom. The van der Waals surface area contributed by atoms with Gasteiger partial charge in [0.1, 0.15) is 0 Å². The van der Waals surface area contributed by atoms with Gasteiger partial charge in [0, 0.05) is 0 Å². The lowest BCUT2D eigenvalue weighted by Gasteiger charge is -1.95. The first-order valence-corrected chi connectivity index (χ1v) is 5.37. The molecular formula is C12H22. The van der Waals surface area contributed by atoms with Crippen molar-refractivity contribution in [3.8, 4) is 0 Å². The SMILES string of the molecule is CCCC1CC1CCC=C(C)C. The molecule has 2 atom stereocenters. The van der Waals surface area contributed by atoms with E-state index < -0.39 is 0 Å². The van der Waals surface area contributed by atoms with Gasteiger partial charge >= 0.3 is 0 Å². The molecule has 0 aromatic carbocycles. The van der Waals surface area contributed by atoms with Crippen LogP contribution in [0.5, 0.6) is 0 Å². The summed E-state index contributed by atoms with van der Waals surface area (Å²) in [7, 11) is 0. The lowest BCUT2D eigenvalue weighted by Crippen LogP contribution is -1.82. The van der Waals surface area contributed by atoms with E-state index in [-0.39, 0.29) is 0 Å². The summed E-state index contributed by atoms with van der Waals surface area (Å²) in [6.07, 6.45) is 9.50. The zero-order valence-electron chi connectivity index (χ0n) is 8.77. The van der Waals surface area contributed by atoms with Crippen molar-refractivity contribution in [2.75, 3.05) is 0 Å². The van der Waals surface area contributed by atoms with Gasteiger partial charge < -0.3 is 0 Å². The molecule has 0 aromatic rings. The van der Waals surface area contributed by atoms with Crippen molar-refractivity contribution in [2.45, 2.75) is 52.9 Å². The molecule has 70 valence electrons. The molecule has 0 nitrogen and oxygen atoms in total. The highest BCUT2D eigenvalue weighted by atomic mass is 14.4. The van der Waals surface area contributed by atoms with Crippen LogP contribution in [-0.2, 0) is 0 Å². The van der Waals surface area contributed by atoms with Crippen molar-refractivity contribution >= 4 is 0 Å². The molecule has 0 spiro atoms. The third kappa shape index (κ3) is 3.42. The molecule has 0 N–H and O–H groups in total. The molecule has 0 amide bonds. The van der Waals surface area contributed by atoms with Gasteiger partial charge in [-0.25, -0.2) is 0 Å². The molecular weight excluding hydrogens is 144 g/mol. The van der Waals surface area contributed by atoms with Crippen molar-refractivity contribution in [3.63, 3.8) is 0 Å². The molecule has 0 saturated heterocycles. The van der Waals surface area contributed by atoms with E-state index in [1.807, 2.05) is 0 Å². The zero-order valence-corrected chi connectivity index (χ0v) is 8.77. The Bertz CT molecular complexity index is 151. The minimum atomic E-state index is 1.08. The largest absolute Gasteiger partial charge is 0.0859 e. The minimum Gasteiger partial charge on any atom is -0.0859 e. The van der Waals surface area contributed by atoms with Crippen LogP contribution in [0.3, 0.4) is 0 Å². The van der Waals surface area contributed by atoms with Crippen LogP contribution in [0, 0.1) is 11.8 Å². The summed E-state index contributed by atoms with van der Waals surface area (Å²) in [5.74, 6) is 2.18. The molecule has 1 saturated carbocycles. The first kappa shape index (κ1) is 9.83. The summed E-state index contributed by atoms with van der Waals surface area (Å²) in [5, 5.41) is 0. The van der Waals surface area contributed by atoms with E-state index in [0.29, 0.717) is 0 Å². The van der Waals surface area contributed by atoms with Crippen molar-refractivity contribution < 1.29 is 0 Å². The van der Waals surface area contributed by atoms with Gasteiger partial charge in [-0.2, -0.15) is 0 Å².